The fraction of sp³-hybridized carbons (Fsp3) is 0.214. The summed E-state index contributed by atoms with van der Waals surface area (Å²) in [6, 6.07) is 6.18. The Hall–Kier alpha value is -2.84. The molecule has 0 amide bonds. The predicted molar refractivity (Wildman–Crippen MR) is 71.5 cm³/mol. The number of para-hydroxylation sites is 2. The van der Waals surface area contributed by atoms with E-state index >= 15 is 0 Å². The van der Waals surface area contributed by atoms with Crippen molar-refractivity contribution in [3.8, 4) is 0 Å². The zero-order valence-corrected chi connectivity index (χ0v) is 11.7. The minimum absolute atomic E-state index is 0.0876. The van der Waals surface area contributed by atoms with Crippen LogP contribution in [0.1, 0.15) is 28.0 Å². The molecular formula is C14H10F3N3O3. The highest BCUT2D eigenvalue weighted by atomic mass is 19.4. The molecule has 0 fully saturated rings. The fourth-order valence-corrected chi connectivity index (χ4v) is 1.99. The van der Waals surface area contributed by atoms with Crippen molar-refractivity contribution >= 4 is 17.1 Å². The number of aromatic amines is 1. The summed E-state index contributed by atoms with van der Waals surface area (Å²) < 4.78 is 49.4. The van der Waals surface area contributed by atoms with Crippen LogP contribution in [0.2, 0.25) is 0 Å². The third-order valence-electron chi connectivity index (χ3n) is 3.11. The zero-order chi connectivity index (χ0) is 16.6. The van der Waals surface area contributed by atoms with Gasteiger partial charge in [0, 0.05) is 5.69 Å². The van der Waals surface area contributed by atoms with Crippen LogP contribution in [0.4, 0.5) is 13.2 Å². The van der Waals surface area contributed by atoms with Crippen molar-refractivity contribution in [2.45, 2.75) is 19.2 Å². The number of nitrogens with one attached hydrogen (secondary N) is 1. The van der Waals surface area contributed by atoms with E-state index in [1.54, 1.807) is 12.1 Å². The minimum atomic E-state index is -4.87. The summed E-state index contributed by atoms with van der Waals surface area (Å²) in [5.41, 5.74) is 0.628. The van der Waals surface area contributed by atoms with Crippen molar-refractivity contribution in [1.29, 1.82) is 0 Å². The van der Waals surface area contributed by atoms with Gasteiger partial charge in [0.05, 0.1) is 6.20 Å². The van der Waals surface area contributed by atoms with Crippen LogP contribution in [-0.2, 0) is 4.74 Å². The molecule has 0 spiro atoms. The van der Waals surface area contributed by atoms with Gasteiger partial charge in [-0.3, -0.25) is 5.10 Å². The predicted octanol–water partition coefficient (Wildman–Crippen LogP) is 3.32. The lowest BCUT2D eigenvalue weighted by Gasteiger charge is -2.17. The average Bonchev–Trinajstić information content (AvgIpc) is 3.08. The van der Waals surface area contributed by atoms with E-state index in [2.05, 4.69) is 19.9 Å². The number of nitrogens with zero attached hydrogens (tertiary/aromatic N) is 2. The standard InChI is InChI=1S/C14H10F3N3O3/c1-7-8(6-18-20-7)13(21)23-11(14(15,16)17)12-19-9-4-2-3-5-10(9)22-12/h2-6,11H,1H3,(H,18,20). The Balaban J connectivity index is 1.95. The third-order valence-corrected chi connectivity index (χ3v) is 3.11. The lowest BCUT2D eigenvalue weighted by molar-refractivity contribution is -0.213. The Kier molecular flexibility index (Phi) is 3.55. The molecule has 1 N–H and O–H groups in total. The van der Waals surface area contributed by atoms with E-state index < -0.39 is 24.1 Å². The van der Waals surface area contributed by atoms with E-state index in [4.69, 9.17) is 4.42 Å². The third kappa shape index (κ3) is 2.89. The number of oxazole rings is 1. The molecule has 1 atom stereocenters. The number of aryl methyl sites for hydroxylation is 1. The van der Waals surface area contributed by atoms with Gasteiger partial charge in [0.1, 0.15) is 11.1 Å². The smallest absolute Gasteiger partial charge is 0.434 e. The van der Waals surface area contributed by atoms with Crippen molar-refractivity contribution in [3.63, 3.8) is 0 Å². The Morgan fingerprint density at radius 2 is 2.09 bits per heavy atom. The molecule has 1 unspecified atom stereocenters. The molecule has 3 rings (SSSR count). The number of hydrogen-bond acceptors (Lipinski definition) is 5. The lowest BCUT2D eigenvalue weighted by atomic mass is 10.2. The second-order valence-electron chi connectivity index (χ2n) is 4.76. The van der Waals surface area contributed by atoms with Gasteiger partial charge >= 0.3 is 12.1 Å². The van der Waals surface area contributed by atoms with Crippen LogP contribution < -0.4 is 0 Å². The molecular weight excluding hydrogens is 315 g/mol. The van der Waals surface area contributed by atoms with E-state index in [0.29, 0.717) is 5.69 Å². The van der Waals surface area contributed by atoms with Gasteiger partial charge < -0.3 is 9.15 Å². The molecule has 0 aliphatic carbocycles. The second-order valence-corrected chi connectivity index (χ2v) is 4.76. The van der Waals surface area contributed by atoms with Crippen molar-refractivity contribution in [1.82, 2.24) is 15.2 Å². The highest BCUT2D eigenvalue weighted by molar-refractivity contribution is 5.90. The topological polar surface area (TPSA) is 81.0 Å². The molecule has 0 radical (unpaired) electrons. The fourth-order valence-electron chi connectivity index (χ4n) is 1.99. The molecule has 2 heterocycles. The molecule has 0 saturated carbocycles. The van der Waals surface area contributed by atoms with Gasteiger partial charge in [0.2, 0.25) is 5.89 Å². The molecule has 0 bridgehead atoms. The van der Waals surface area contributed by atoms with Crippen LogP contribution in [0.3, 0.4) is 0 Å². The Morgan fingerprint density at radius 1 is 1.35 bits per heavy atom. The number of fused-ring (bicyclic) bond motifs is 1. The molecule has 0 saturated heterocycles. The number of H-pyrrole nitrogens is 1. The highest BCUT2D eigenvalue weighted by Gasteiger charge is 2.48. The maximum Gasteiger partial charge on any atom is 0.434 e. The lowest BCUT2D eigenvalue weighted by Crippen LogP contribution is -2.26. The number of benzene rings is 1. The van der Waals surface area contributed by atoms with Crippen LogP contribution >= 0.6 is 0 Å². The summed E-state index contributed by atoms with van der Waals surface area (Å²) in [6.45, 7) is 1.49. The van der Waals surface area contributed by atoms with E-state index in [1.165, 1.54) is 19.1 Å². The first kappa shape index (κ1) is 15.1. The van der Waals surface area contributed by atoms with Crippen molar-refractivity contribution in [3.05, 3.63) is 47.6 Å². The average molecular weight is 325 g/mol. The van der Waals surface area contributed by atoms with Gasteiger partial charge in [-0.15, -0.1) is 0 Å². The number of rotatable bonds is 3. The van der Waals surface area contributed by atoms with Crippen molar-refractivity contribution in [2.24, 2.45) is 0 Å². The van der Waals surface area contributed by atoms with Gasteiger partial charge in [-0.1, -0.05) is 12.1 Å². The summed E-state index contributed by atoms with van der Waals surface area (Å²) in [5, 5.41) is 6.03. The largest absolute Gasteiger partial charge is 0.439 e. The summed E-state index contributed by atoms with van der Waals surface area (Å²) >= 11 is 0. The van der Waals surface area contributed by atoms with E-state index in [1.807, 2.05) is 0 Å². The second kappa shape index (κ2) is 5.41. The number of hydrogen-bond donors (Lipinski definition) is 1. The monoisotopic (exact) mass is 325 g/mol. The van der Waals surface area contributed by atoms with Gasteiger partial charge in [-0.25, -0.2) is 9.78 Å². The van der Waals surface area contributed by atoms with Crippen LogP contribution in [0.5, 0.6) is 0 Å². The quantitative estimate of drug-likeness (QED) is 0.747. The summed E-state index contributed by atoms with van der Waals surface area (Å²) in [4.78, 5) is 15.7. The molecule has 23 heavy (non-hydrogen) atoms. The number of alkyl halides is 3. The number of halogens is 3. The molecule has 3 aromatic rings. The Bertz CT molecular complexity index is 820. The van der Waals surface area contributed by atoms with Crippen molar-refractivity contribution in [2.75, 3.05) is 0 Å². The van der Waals surface area contributed by atoms with Crippen LogP contribution in [-0.4, -0.2) is 27.3 Å². The van der Waals surface area contributed by atoms with Crippen molar-refractivity contribution < 1.29 is 27.1 Å². The summed E-state index contributed by atoms with van der Waals surface area (Å²) in [5.74, 6) is -1.89. The first-order chi connectivity index (χ1) is 10.9. The molecule has 0 aliphatic rings. The molecule has 1 aromatic carbocycles. The molecule has 9 heteroatoms. The number of ether oxygens (including phenoxy) is 1. The molecule has 2 aromatic heterocycles. The van der Waals surface area contributed by atoms with E-state index in [0.717, 1.165) is 6.20 Å². The van der Waals surface area contributed by atoms with Crippen LogP contribution in [0.15, 0.2) is 34.9 Å². The zero-order valence-electron chi connectivity index (χ0n) is 11.7. The summed E-state index contributed by atoms with van der Waals surface area (Å²) in [6.07, 6.45) is -6.37. The van der Waals surface area contributed by atoms with Gasteiger partial charge in [0.25, 0.3) is 6.10 Å². The van der Waals surface area contributed by atoms with E-state index in [9.17, 15) is 18.0 Å². The maximum absolute atomic E-state index is 13.2. The SMILES string of the molecule is Cc1[nH]ncc1C(=O)OC(c1nc2ccccc2o1)C(F)(F)F. The summed E-state index contributed by atoms with van der Waals surface area (Å²) in [7, 11) is 0. The molecule has 120 valence electrons. The first-order valence-electron chi connectivity index (χ1n) is 6.49. The minimum Gasteiger partial charge on any atom is -0.439 e. The maximum atomic E-state index is 13.2. The Labute approximate surface area is 127 Å². The number of carbonyl (C=O) groups excluding carboxylic acids is 1. The Morgan fingerprint density at radius 3 is 2.70 bits per heavy atom. The molecule has 0 aliphatic heterocycles. The van der Waals surface area contributed by atoms with Gasteiger partial charge in [-0.2, -0.15) is 18.3 Å². The van der Waals surface area contributed by atoms with Gasteiger partial charge in [-0.05, 0) is 19.1 Å². The van der Waals surface area contributed by atoms with Crippen LogP contribution in [0, 0.1) is 6.92 Å². The number of esters is 1. The first-order valence-corrected chi connectivity index (χ1v) is 6.49. The highest BCUT2D eigenvalue weighted by Crippen LogP contribution is 2.37. The normalized spacial score (nSPS) is 13.2. The van der Waals surface area contributed by atoms with Gasteiger partial charge in [0.15, 0.2) is 5.58 Å². The molecule has 6 nitrogen and oxygen atoms in total. The number of carbonyl (C=O) groups is 1. The van der Waals surface area contributed by atoms with Crippen LogP contribution in [0.25, 0.3) is 11.1 Å². The van der Waals surface area contributed by atoms with E-state index in [-0.39, 0.29) is 16.7 Å². The number of aromatic nitrogens is 3.